The molecule has 156 valence electrons. The predicted octanol–water partition coefficient (Wildman–Crippen LogP) is 3.50. The molecule has 10 heteroatoms. The van der Waals surface area contributed by atoms with Crippen LogP contribution >= 0.6 is 0 Å². The summed E-state index contributed by atoms with van der Waals surface area (Å²) in [7, 11) is 0. The number of ether oxygens (including phenoxy) is 1. The van der Waals surface area contributed by atoms with Crippen molar-refractivity contribution in [2.75, 3.05) is 26.2 Å². The molecule has 0 aromatic heterocycles. The summed E-state index contributed by atoms with van der Waals surface area (Å²) >= 11 is 0. The maximum Gasteiger partial charge on any atom is 0.573 e. The second-order valence-electron chi connectivity index (χ2n) is 6.73. The maximum atomic E-state index is 12.4. The highest BCUT2D eigenvalue weighted by Gasteiger charge is 2.33. The summed E-state index contributed by atoms with van der Waals surface area (Å²) < 4.78 is 41.2. The lowest BCUT2D eigenvalue weighted by Crippen LogP contribution is -2.45. The van der Waals surface area contributed by atoms with Gasteiger partial charge in [-0.3, -0.25) is 15.0 Å². The minimum absolute atomic E-state index is 0.323. The van der Waals surface area contributed by atoms with E-state index in [0.717, 1.165) is 0 Å². The van der Waals surface area contributed by atoms with Gasteiger partial charge in [0, 0.05) is 37.3 Å². The molecule has 7 nitrogen and oxygen atoms in total. The Hall–Kier alpha value is -2.85. The number of phenolic OH excluding ortho intramolecular Hbond substituents is 1. The minimum Gasteiger partial charge on any atom is -0.502 e. The predicted molar refractivity (Wildman–Crippen MR) is 98.9 cm³/mol. The number of piperazine rings is 1. The molecular formula is C19H20F3N3O4. The van der Waals surface area contributed by atoms with Crippen molar-refractivity contribution in [2.24, 2.45) is 0 Å². The Kier molecular flexibility index (Phi) is 5.94. The van der Waals surface area contributed by atoms with Crippen LogP contribution in [0.25, 0.3) is 0 Å². The molecule has 0 bridgehead atoms. The first-order valence-electron chi connectivity index (χ1n) is 8.94. The number of alkyl halides is 3. The Morgan fingerprint density at radius 3 is 2.34 bits per heavy atom. The molecule has 3 rings (SSSR count). The van der Waals surface area contributed by atoms with Gasteiger partial charge in [0.1, 0.15) is 5.75 Å². The highest BCUT2D eigenvalue weighted by molar-refractivity contribution is 5.58. The van der Waals surface area contributed by atoms with Crippen LogP contribution in [0.5, 0.6) is 11.5 Å². The third-order valence-corrected chi connectivity index (χ3v) is 4.81. The summed E-state index contributed by atoms with van der Waals surface area (Å²) in [5, 5.41) is 25.3. The fourth-order valence-electron chi connectivity index (χ4n) is 3.53. The fourth-order valence-corrected chi connectivity index (χ4v) is 3.53. The van der Waals surface area contributed by atoms with Crippen molar-refractivity contribution >= 4 is 5.69 Å². The number of nitrogens with one attached hydrogen (secondary N) is 1. The molecule has 2 aromatic rings. The zero-order valence-electron chi connectivity index (χ0n) is 15.6. The average molecular weight is 411 g/mol. The van der Waals surface area contributed by atoms with Gasteiger partial charge in [-0.25, -0.2) is 0 Å². The molecule has 0 unspecified atom stereocenters. The summed E-state index contributed by atoms with van der Waals surface area (Å²) in [4.78, 5) is 12.8. The van der Waals surface area contributed by atoms with Crippen LogP contribution < -0.4 is 10.1 Å². The molecule has 2 aromatic carbocycles. The monoisotopic (exact) mass is 411 g/mol. The van der Waals surface area contributed by atoms with Gasteiger partial charge < -0.3 is 15.2 Å². The number of benzene rings is 2. The lowest BCUT2D eigenvalue weighted by molar-refractivity contribution is -0.386. The molecule has 1 atom stereocenters. The first-order chi connectivity index (χ1) is 13.7. The molecule has 1 saturated heterocycles. The van der Waals surface area contributed by atoms with Crippen molar-refractivity contribution < 1.29 is 27.9 Å². The number of phenols is 1. The first kappa shape index (κ1) is 20.9. The third-order valence-electron chi connectivity index (χ3n) is 4.81. The highest BCUT2D eigenvalue weighted by atomic mass is 19.4. The zero-order chi connectivity index (χ0) is 21.2. The Balaban J connectivity index is 2.05. The van der Waals surface area contributed by atoms with Crippen LogP contribution in [0.4, 0.5) is 18.9 Å². The van der Waals surface area contributed by atoms with Crippen LogP contribution in [-0.2, 0) is 0 Å². The van der Waals surface area contributed by atoms with Crippen molar-refractivity contribution in [3.63, 3.8) is 0 Å². The molecule has 1 aliphatic heterocycles. The van der Waals surface area contributed by atoms with Crippen LogP contribution in [0.1, 0.15) is 22.7 Å². The summed E-state index contributed by atoms with van der Waals surface area (Å²) in [6.07, 6.45) is -4.80. The van der Waals surface area contributed by atoms with E-state index in [4.69, 9.17) is 0 Å². The smallest absolute Gasteiger partial charge is 0.502 e. The van der Waals surface area contributed by atoms with Gasteiger partial charge >= 0.3 is 12.0 Å². The molecule has 0 spiro atoms. The van der Waals surface area contributed by atoms with E-state index in [2.05, 4.69) is 10.1 Å². The normalized spacial score (nSPS) is 16.4. The summed E-state index contributed by atoms with van der Waals surface area (Å²) in [6.45, 7) is 4.10. The van der Waals surface area contributed by atoms with Gasteiger partial charge in [0.2, 0.25) is 0 Å². The lowest BCUT2D eigenvalue weighted by Gasteiger charge is -2.35. The molecule has 2 N–H and O–H groups in total. The topological polar surface area (TPSA) is 87.9 Å². The van der Waals surface area contributed by atoms with E-state index >= 15 is 0 Å². The molecule has 0 aliphatic carbocycles. The Morgan fingerprint density at radius 1 is 1.17 bits per heavy atom. The van der Waals surface area contributed by atoms with Crippen LogP contribution in [0.2, 0.25) is 0 Å². The van der Waals surface area contributed by atoms with Gasteiger partial charge in [-0.2, -0.15) is 0 Å². The second kappa shape index (κ2) is 8.26. The van der Waals surface area contributed by atoms with Crippen molar-refractivity contribution in [3.05, 3.63) is 63.2 Å². The van der Waals surface area contributed by atoms with E-state index < -0.39 is 23.1 Å². The van der Waals surface area contributed by atoms with Crippen LogP contribution in [0, 0.1) is 17.0 Å². The van der Waals surface area contributed by atoms with Gasteiger partial charge in [0.15, 0.2) is 5.75 Å². The Morgan fingerprint density at radius 2 is 1.79 bits per heavy atom. The van der Waals surface area contributed by atoms with Gasteiger partial charge in [0.25, 0.3) is 0 Å². The summed E-state index contributed by atoms with van der Waals surface area (Å²) in [6, 6.07) is 7.94. The number of halogens is 3. The number of rotatable bonds is 5. The van der Waals surface area contributed by atoms with Gasteiger partial charge in [-0.1, -0.05) is 24.3 Å². The molecule has 1 heterocycles. The molecule has 1 fully saturated rings. The van der Waals surface area contributed by atoms with E-state index in [1.165, 1.54) is 31.2 Å². The molecular weight excluding hydrogens is 391 g/mol. The molecule has 0 amide bonds. The quantitative estimate of drug-likeness (QED) is 0.578. The van der Waals surface area contributed by atoms with E-state index in [0.29, 0.717) is 42.9 Å². The number of hydrogen-bond acceptors (Lipinski definition) is 6. The fraction of sp³-hybridized carbons (Fsp3) is 0.368. The number of nitrogens with zero attached hydrogens (tertiary/aromatic N) is 2. The molecule has 0 radical (unpaired) electrons. The summed E-state index contributed by atoms with van der Waals surface area (Å²) in [5.74, 6) is -0.798. The summed E-state index contributed by atoms with van der Waals surface area (Å²) in [5.41, 5.74) is 0.868. The van der Waals surface area contributed by atoms with Crippen LogP contribution in [0.15, 0.2) is 36.4 Å². The van der Waals surface area contributed by atoms with Gasteiger partial charge in [-0.15, -0.1) is 13.2 Å². The first-order valence-corrected chi connectivity index (χ1v) is 8.94. The number of hydrogen-bond donors (Lipinski definition) is 2. The Bertz CT molecular complexity index is 882. The van der Waals surface area contributed by atoms with E-state index in [-0.39, 0.29) is 11.4 Å². The molecule has 0 saturated carbocycles. The number of aromatic hydroxyl groups is 1. The second-order valence-corrected chi connectivity index (χ2v) is 6.73. The number of aryl methyl sites for hydroxylation is 1. The van der Waals surface area contributed by atoms with Crippen molar-refractivity contribution in [1.29, 1.82) is 0 Å². The maximum absolute atomic E-state index is 12.4. The average Bonchev–Trinajstić information content (AvgIpc) is 2.64. The van der Waals surface area contributed by atoms with Gasteiger partial charge in [-0.05, 0) is 24.6 Å². The van der Waals surface area contributed by atoms with E-state index in [1.54, 1.807) is 12.1 Å². The Labute approximate surface area is 164 Å². The van der Waals surface area contributed by atoms with Crippen molar-refractivity contribution in [2.45, 2.75) is 19.3 Å². The molecule has 1 aliphatic rings. The standard InChI is InChI=1S/C19H20F3N3O4/c1-12-2-7-15(18(26)16(12)25(27)28)17(24-10-8-23-9-11-24)13-3-5-14(6-4-13)29-19(20,21)22/h2-7,17,23,26H,8-11H2,1H3/t17-/m0/s1. The zero-order valence-corrected chi connectivity index (χ0v) is 15.6. The third kappa shape index (κ3) is 4.77. The lowest BCUT2D eigenvalue weighted by atomic mass is 9.94. The van der Waals surface area contributed by atoms with Crippen molar-refractivity contribution in [1.82, 2.24) is 10.2 Å². The van der Waals surface area contributed by atoms with Crippen molar-refractivity contribution in [3.8, 4) is 11.5 Å². The SMILES string of the molecule is Cc1ccc([C@H](c2ccc(OC(F)(F)F)cc2)N2CCNCC2)c(O)c1[N+](=O)[O-]. The van der Waals surface area contributed by atoms with E-state index in [1.807, 2.05) is 4.90 Å². The number of nitro groups is 1. The highest BCUT2D eigenvalue weighted by Crippen LogP contribution is 2.41. The van der Waals surface area contributed by atoms with Crippen LogP contribution in [0.3, 0.4) is 0 Å². The van der Waals surface area contributed by atoms with Crippen LogP contribution in [-0.4, -0.2) is 47.5 Å². The van der Waals surface area contributed by atoms with Gasteiger partial charge in [0.05, 0.1) is 11.0 Å². The number of nitro benzene ring substituents is 1. The minimum atomic E-state index is -4.80. The largest absolute Gasteiger partial charge is 0.573 e. The van der Waals surface area contributed by atoms with E-state index in [9.17, 15) is 28.4 Å². The molecule has 29 heavy (non-hydrogen) atoms.